The maximum absolute atomic E-state index is 13.0. The molecule has 0 bridgehead atoms. The lowest BCUT2D eigenvalue weighted by Crippen LogP contribution is -2.26. The van der Waals surface area contributed by atoms with Crippen LogP contribution in [0.15, 0.2) is 71.3 Å². The molecule has 0 aliphatic heterocycles. The summed E-state index contributed by atoms with van der Waals surface area (Å²) in [4.78, 5) is 18.5. The van der Waals surface area contributed by atoms with Crippen LogP contribution in [0.1, 0.15) is 24.3 Å². The van der Waals surface area contributed by atoms with Crippen molar-refractivity contribution < 1.29 is 13.7 Å². The first-order chi connectivity index (χ1) is 14.6. The highest BCUT2D eigenvalue weighted by atomic mass is 19.1. The van der Waals surface area contributed by atoms with E-state index in [2.05, 4.69) is 40.5 Å². The van der Waals surface area contributed by atoms with Crippen molar-refractivity contribution in [3.63, 3.8) is 0 Å². The Morgan fingerprint density at radius 1 is 1.03 bits per heavy atom. The van der Waals surface area contributed by atoms with Crippen molar-refractivity contribution in [2.45, 2.75) is 25.8 Å². The first kappa shape index (κ1) is 19.8. The normalized spacial score (nSPS) is 11.0. The molecule has 0 atom stereocenters. The minimum absolute atomic E-state index is 0.0708. The average molecular weight is 403 g/mol. The van der Waals surface area contributed by atoms with E-state index in [1.54, 1.807) is 17.0 Å². The highest BCUT2D eigenvalue weighted by Crippen LogP contribution is 2.18. The lowest BCUT2D eigenvalue weighted by molar-refractivity contribution is -0.130. The Bertz CT molecular complexity index is 1150. The van der Waals surface area contributed by atoms with Crippen LogP contribution < -0.4 is 0 Å². The Labute approximate surface area is 174 Å². The Hall–Kier alpha value is -3.54. The monoisotopic (exact) mass is 403 g/mol. The number of hydrogen-bond acceptors (Lipinski definition) is 4. The SMILES string of the molecule is CN(Cc1ccc2ccccc2c1)C(=O)CCCc1nc(-c2ccc(F)cc2)no1. The fraction of sp³-hybridized carbons (Fsp3) is 0.208. The van der Waals surface area contributed by atoms with Gasteiger partial charge in [0.2, 0.25) is 17.6 Å². The first-order valence-corrected chi connectivity index (χ1v) is 9.89. The number of aromatic nitrogens is 2. The van der Waals surface area contributed by atoms with Crippen LogP contribution in [0, 0.1) is 5.82 Å². The van der Waals surface area contributed by atoms with E-state index in [0.29, 0.717) is 43.1 Å². The predicted octanol–water partition coefficient (Wildman–Crippen LogP) is 5.01. The van der Waals surface area contributed by atoms with E-state index in [4.69, 9.17) is 4.52 Å². The van der Waals surface area contributed by atoms with Gasteiger partial charge in [0.15, 0.2) is 0 Å². The fourth-order valence-corrected chi connectivity index (χ4v) is 3.35. The number of fused-ring (bicyclic) bond motifs is 1. The van der Waals surface area contributed by atoms with E-state index in [0.717, 1.165) is 5.56 Å². The molecule has 0 saturated heterocycles. The summed E-state index contributed by atoms with van der Waals surface area (Å²) in [5, 5.41) is 6.29. The Balaban J connectivity index is 1.28. The largest absolute Gasteiger partial charge is 0.341 e. The third-order valence-electron chi connectivity index (χ3n) is 5.01. The molecule has 4 aromatic rings. The van der Waals surface area contributed by atoms with Gasteiger partial charge in [0.25, 0.3) is 0 Å². The third kappa shape index (κ3) is 4.71. The van der Waals surface area contributed by atoms with E-state index < -0.39 is 0 Å². The number of nitrogens with zero attached hydrogens (tertiary/aromatic N) is 3. The molecule has 152 valence electrons. The Kier molecular flexibility index (Phi) is 5.84. The van der Waals surface area contributed by atoms with Crippen LogP contribution in [0.2, 0.25) is 0 Å². The number of carbonyl (C=O) groups excluding carboxylic acids is 1. The van der Waals surface area contributed by atoms with Crippen molar-refractivity contribution >= 4 is 16.7 Å². The van der Waals surface area contributed by atoms with Crippen LogP contribution in [0.25, 0.3) is 22.2 Å². The molecule has 0 unspecified atom stereocenters. The molecule has 1 heterocycles. The Morgan fingerprint density at radius 2 is 1.80 bits per heavy atom. The molecule has 0 saturated carbocycles. The van der Waals surface area contributed by atoms with Gasteiger partial charge in [-0.15, -0.1) is 0 Å². The zero-order valence-corrected chi connectivity index (χ0v) is 16.7. The van der Waals surface area contributed by atoms with Crippen molar-refractivity contribution in [3.8, 4) is 11.4 Å². The second-order valence-corrected chi connectivity index (χ2v) is 7.30. The molecular weight excluding hydrogens is 381 g/mol. The predicted molar refractivity (Wildman–Crippen MR) is 113 cm³/mol. The second kappa shape index (κ2) is 8.86. The Morgan fingerprint density at radius 3 is 2.60 bits per heavy atom. The summed E-state index contributed by atoms with van der Waals surface area (Å²) in [5.41, 5.74) is 1.79. The van der Waals surface area contributed by atoms with Crippen molar-refractivity contribution in [1.29, 1.82) is 0 Å². The fourth-order valence-electron chi connectivity index (χ4n) is 3.35. The quantitative estimate of drug-likeness (QED) is 0.435. The van der Waals surface area contributed by atoms with Gasteiger partial charge in [-0.2, -0.15) is 4.98 Å². The van der Waals surface area contributed by atoms with Gasteiger partial charge in [0, 0.05) is 32.0 Å². The van der Waals surface area contributed by atoms with E-state index in [9.17, 15) is 9.18 Å². The highest BCUT2D eigenvalue weighted by molar-refractivity contribution is 5.83. The summed E-state index contributed by atoms with van der Waals surface area (Å²) >= 11 is 0. The van der Waals surface area contributed by atoms with Crippen molar-refractivity contribution in [2.24, 2.45) is 0 Å². The maximum atomic E-state index is 13.0. The van der Waals surface area contributed by atoms with Gasteiger partial charge in [-0.1, -0.05) is 41.6 Å². The molecule has 0 fully saturated rings. The molecule has 0 aliphatic rings. The van der Waals surface area contributed by atoms with Gasteiger partial charge >= 0.3 is 0 Å². The molecule has 0 spiro atoms. The van der Waals surface area contributed by atoms with E-state index >= 15 is 0 Å². The number of carbonyl (C=O) groups is 1. The van der Waals surface area contributed by atoms with Crippen LogP contribution in [0.3, 0.4) is 0 Å². The summed E-state index contributed by atoms with van der Waals surface area (Å²) in [5.74, 6) is 0.652. The topological polar surface area (TPSA) is 59.2 Å². The number of aryl methyl sites for hydroxylation is 1. The van der Waals surface area contributed by atoms with Crippen LogP contribution in [0.4, 0.5) is 4.39 Å². The molecule has 0 aliphatic carbocycles. The highest BCUT2D eigenvalue weighted by Gasteiger charge is 2.12. The summed E-state index contributed by atoms with van der Waals surface area (Å²) in [6, 6.07) is 20.4. The van der Waals surface area contributed by atoms with Crippen LogP contribution in [0.5, 0.6) is 0 Å². The maximum Gasteiger partial charge on any atom is 0.226 e. The zero-order chi connectivity index (χ0) is 20.9. The smallest absolute Gasteiger partial charge is 0.226 e. The number of benzene rings is 3. The number of halogens is 1. The molecule has 1 aromatic heterocycles. The number of hydrogen-bond donors (Lipinski definition) is 0. The number of rotatable bonds is 7. The molecule has 4 rings (SSSR count). The van der Waals surface area contributed by atoms with Crippen LogP contribution in [-0.4, -0.2) is 28.0 Å². The lowest BCUT2D eigenvalue weighted by atomic mass is 10.1. The molecule has 3 aromatic carbocycles. The standard InChI is InChI=1S/C24H22FN3O2/c1-28(16-17-9-10-18-5-2-3-6-20(18)15-17)23(29)8-4-7-22-26-24(27-30-22)19-11-13-21(25)14-12-19/h2-3,5-6,9-15H,4,7-8,16H2,1H3. The summed E-state index contributed by atoms with van der Waals surface area (Å²) in [7, 11) is 1.82. The molecule has 1 amide bonds. The lowest BCUT2D eigenvalue weighted by Gasteiger charge is -2.17. The van der Waals surface area contributed by atoms with E-state index in [-0.39, 0.29) is 11.7 Å². The molecule has 5 nitrogen and oxygen atoms in total. The summed E-state index contributed by atoms with van der Waals surface area (Å²) in [6.45, 7) is 0.568. The minimum Gasteiger partial charge on any atom is -0.341 e. The zero-order valence-electron chi connectivity index (χ0n) is 16.7. The van der Waals surface area contributed by atoms with Crippen LogP contribution >= 0.6 is 0 Å². The van der Waals surface area contributed by atoms with Gasteiger partial charge in [0.1, 0.15) is 5.82 Å². The number of amides is 1. The van der Waals surface area contributed by atoms with Gasteiger partial charge in [-0.3, -0.25) is 4.79 Å². The molecular formula is C24H22FN3O2. The third-order valence-corrected chi connectivity index (χ3v) is 5.01. The average Bonchev–Trinajstić information content (AvgIpc) is 3.23. The molecule has 6 heteroatoms. The van der Waals surface area contributed by atoms with Gasteiger partial charge in [0.05, 0.1) is 0 Å². The summed E-state index contributed by atoms with van der Waals surface area (Å²) < 4.78 is 18.3. The first-order valence-electron chi connectivity index (χ1n) is 9.89. The van der Waals surface area contributed by atoms with E-state index in [1.807, 2.05) is 19.2 Å². The molecule has 0 radical (unpaired) electrons. The molecule has 30 heavy (non-hydrogen) atoms. The van der Waals surface area contributed by atoms with Gasteiger partial charge < -0.3 is 9.42 Å². The van der Waals surface area contributed by atoms with E-state index in [1.165, 1.54) is 22.9 Å². The molecule has 0 N–H and O–H groups in total. The van der Waals surface area contributed by atoms with Crippen molar-refractivity contribution in [2.75, 3.05) is 7.05 Å². The minimum atomic E-state index is -0.311. The van der Waals surface area contributed by atoms with Crippen molar-refractivity contribution in [3.05, 3.63) is 84.0 Å². The van der Waals surface area contributed by atoms with Crippen LogP contribution in [-0.2, 0) is 17.8 Å². The van der Waals surface area contributed by atoms with Gasteiger partial charge in [-0.05, 0) is 53.1 Å². The van der Waals surface area contributed by atoms with Crippen molar-refractivity contribution in [1.82, 2.24) is 15.0 Å². The summed E-state index contributed by atoms with van der Waals surface area (Å²) in [6.07, 6.45) is 1.54. The second-order valence-electron chi connectivity index (χ2n) is 7.30. The van der Waals surface area contributed by atoms with Gasteiger partial charge in [-0.25, -0.2) is 4.39 Å².